The smallest absolute Gasteiger partial charge is 0.127 e. The van der Waals surface area contributed by atoms with Crippen LogP contribution in [0.15, 0.2) is 18.2 Å². The summed E-state index contributed by atoms with van der Waals surface area (Å²) in [5.74, 6) is 1.65. The van der Waals surface area contributed by atoms with Crippen LogP contribution in [0.25, 0.3) is 11.0 Å². The van der Waals surface area contributed by atoms with Crippen molar-refractivity contribution < 1.29 is 0 Å². The first-order valence-electron chi connectivity index (χ1n) is 7.62. The molecule has 2 atom stereocenters. The number of halogens is 1. The zero-order chi connectivity index (χ0) is 14.9. The monoisotopic (exact) mass is 292 g/mol. The molecule has 2 nitrogen and oxygen atoms in total. The van der Waals surface area contributed by atoms with Crippen molar-refractivity contribution in [2.45, 2.75) is 58.9 Å². The van der Waals surface area contributed by atoms with Gasteiger partial charge in [-0.15, -0.1) is 11.6 Å². The fourth-order valence-electron chi connectivity index (χ4n) is 3.11. The van der Waals surface area contributed by atoms with Crippen molar-refractivity contribution in [3.63, 3.8) is 0 Å². The van der Waals surface area contributed by atoms with Gasteiger partial charge in [-0.3, -0.25) is 0 Å². The summed E-state index contributed by atoms with van der Waals surface area (Å²) in [6.07, 6.45) is 2.36. The van der Waals surface area contributed by atoms with Crippen molar-refractivity contribution in [3.8, 4) is 0 Å². The van der Waals surface area contributed by atoms with E-state index in [9.17, 15) is 0 Å². The highest BCUT2D eigenvalue weighted by Gasteiger charge is 2.23. The second kappa shape index (κ2) is 6.17. The summed E-state index contributed by atoms with van der Waals surface area (Å²) in [6, 6.07) is 6.87. The van der Waals surface area contributed by atoms with E-state index in [-0.39, 0.29) is 5.38 Å². The molecule has 0 N–H and O–H groups in total. The highest BCUT2D eigenvalue weighted by atomic mass is 35.5. The quantitative estimate of drug-likeness (QED) is 0.652. The number of rotatable bonds is 5. The molecule has 0 aliphatic carbocycles. The van der Waals surface area contributed by atoms with Crippen LogP contribution in [-0.2, 0) is 0 Å². The van der Waals surface area contributed by atoms with E-state index in [0.717, 1.165) is 11.3 Å². The molecule has 0 spiro atoms. The van der Waals surface area contributed by atoms with Crippen molar-refractivity contribution in [1.29, 1.82) is 0 Å². The molecule has 0 bridgehead atoms. The average molecular weight is 293 g/mol. The van der Waals surface area contributed by atoms with Crippen LogP contribution < -0.4 is 0 Å². The van der Waals surface area contributed by atoms with Crippen molar-refractivity contribution in [1.82, 2.24) is 9.55 Å². The van der Waals surface area contributed by atoms with Crippen LogP contribution in [0.3, 0.4) is 0 Å². The van der Waals surface area contributed by atoms with Gasteiger partial charge in [-0.1, -0.05) is 32.8 Å². The molecule has 20 heavy (non-hydrogen) atoms. The summed E-state index contributed by atoms with van der Waals surface area (Å²) in [7, 11) is 0. The highest BCUT2D eigenvalue weighted by molar-refractivity contribution is 6.20. The number of hydrogen-bond acceptors (Lipinski definition) is 1. The van der Waals surface area contributed by atoms with Gasteiger partial charge in [-0.05, 0) is 44.4 Å². The van der Waals surface area contributed by atoms with Crippen molar-refractivity contribution in [2.75, 3.05) is 0 Å². The summed E-state index contributed by atoms with van der Waals surface area (Å²) in [4.78, 5) is 4.76. The largest absolute Gasteiger partial charge is 0.324 e. The third-order valence-electron chi connectivity index (χ3n) is 4.37. The van der Waals surface area contributed by atoms with Crippen LogP contribution >= 0.6 is 11.6 Å². The van der Waals surface area contributed by atoms with Crippen molar-refractivity contribution >= 4 is 22.6 Å². The maximum absolute atomic E-state index is 6.37. The lowest BCUT2D eigenvalue weighted by atomic mass is 9.95. The van der Waals surface area contributed by atoms with Gasteiger partial charge in [-0.2, -0.15) is 0 Å². The number of alkyl halides is 1. The molecule has 1 heterocycles. The van der Waals surface area contributed by atoms with Gasteiger partial charge < -0.3 is 4.57 Å². The van der Waals surface area contributed by atoms with Crippen LogP contribution in [0.1, 0.15) is 63.3 Å². The summed E-state index contributed by atoms with van der Waals surface area (Å²) >= 11 is 6.37. The van der Waals surface area contributed by atoms with Crippen LogP contribution in [0.2, 0.25) is 0 Å². The lowest BCUT2D eigenvalue weighted by Crippen LogP contribution is -2.18. The molecule has 0 aliphatic rings. The Hall–Kier alpha value is -1.02. The molecule has 0 amide bonds. The van der Waals surface area contributed by atoms with E-state index in [4.69, 9.17) is 16.6 Å². The minimum atomic E-state index is -0.0699. The van der Waals surface area contributed by atoms with Crippen molar-refractivity contribution in [3.05, 3.63) is 29.6 Å². The molecule has 0 radical (unpaired) electrons. The molecule has 1 aromatic carbocycles. The summed E-state index contributed by atoms with van der Waals surface area (Å²) in [6.45, 7) is 11.0. The van der Waals surface area contributed by atoms with E-state index in [0.29, 0.717) is 12.0 Å². The Labute approximate surface area is 127 Å². The number of aryl methyl sites for hydroxylation is 1. The minimum Gasteiger partial charge on any atom is -0.324 e. The fourth-order valence-corrected chi connectivity index (χ4v) is 3.27. The maximum atomic E-state index is 6.37. The van der Waals surface area contributed by atoms with Gasteiger partial charge in [0, 0.05) is 6.04 Å². The van der Waals surface area contributed by atoms with E-state index in [1.807, 2.05) is 6.92 Å². The second-order valence-corrected chi connectivity index (χ2v) is 6.42. The molecule has 2 aromatic rings. The van der Waals surface area contributed by atoms with Gasteiger partial charge in [0.2, 0.25) is 0 Å². The van der Waals surface area contributed by atoms with E-state index in [1.165, 1.54) is 23.9 Å². The van der Waals surface area contributed by atoms with Gasteiger partial charge in [0.25, 0.3) is 0 Å². The Morgan fingerprint density at radius 3 is 2.40 bits per heavy atom. The van der Waals surface area contributed by atoms with Gasteiger partial charge in [0.1, 0.15) is 5.82 Å². The Balaban J connectivity index is 2.64. The Kier molecular flexibility index (Phi) is 4.74. The van der Waals surface area contributed by atoms with Crippen molar-refractivity contribution in [2.24, 2.45) is 5.92 Å². The Morgan fingerprint density at radius 2 is 1.85 bits per heavy atom. The molecule has 0 fully saturated rings. The maximum Gasteiger partial charge on any atom is 0.127 e. The predicted molar refractivity (Wildman–Crippen MR) is 87.5 cm³/mol. The molecule has 0 saturated heterocycles. The predicted octanol–water partition coefficient (Wildman–Crippen LogP) is 5.64. The number of aromatic nitrogens is 2. The van der Waals surface area contributed by atoms with E-state index in [1.54, 1.807) is 0 Å². The zero-order valence-electron chi connectivity index (χ0n) is 13.2. The van der Waals surface area contributed by atoms with Crippen LogP contribution in [0.4, 0.5) is 0 Å². The molecule has 1 aromatic heterocycles. The first-order chi connectivity index (χ1) is 9.49. The molecule has 2 rings (SSSR count). The van der Waals surface area contributed by atoms with E-state index in [2.05, 4.69) is 50.5 Å². The van der Waals surface area contributed by atoms with Gasteiger partial charge in [0.15, 0.2) is 0 Å². The Bertz CT molecular complexity index is 582. The molecule has 3 heteroatoms. The fraction of sp³-hybridized carbons (Fsp3) is 0.588. The molecule has 0 aliphatic heterocycles. The lowest BCUT2D eigenvalue weighted by Gasteiger charge is -2.26. The summed E-state index contributed by atoms with van der Waals surface area (Å²) in [5, 5.41) is -0.0699. The molecule has 0 saturated carbocycles. The van der Waals surface area contributed by atoms with Gasteiger partial charge >= 0.3 is 0 Å². The third-order valence-corrected chi connectivity index (χ3v) is 4.56. The lowest BCUT2D eigenvalue weighted by molar-refractivity contribution is 0.332. The number of nitrogens with zero attached hydrogens (tertiary/aromatic N) is 2. The van der Waals surface area contributed by atoms with Gasteiger partial charge in [-0.25, -0.2) is 4.98 Å². The van der Waals surface area contributed by atoms with E-state index < -0.39 is 0 Å². The number of fused-ring (bicyclic) bond motifs is 1. The molecular formula is C17H25ClN2. The number of benzene rings is 1. The Morgan fingerprint density at radius 1 is 1.20 bits per heavy atom. The topological polar surface area (TPSA) is 17.8 Å². The number of hydrogen-bond donors (Lipinski definition) is 0. The average Bonchev–Trinajstić information content (AvgIpc) is 2.78. The molecule has 110 valence electrons. The van der Waals surface area contributed by atoms with Crippen LogP contribution in [0, 0.1) is 12.8 Å². The molecule has 2 unspecified atom stereocenters. The normalized spacial score (nSPS) is 14.9. The zero-order valence-corrected chi connectivity index (χ0v) is 13.9. The molecular weight excluding hydrogens is 268 g/mol. The first kappa shape index (κ1) is 15.4. The minimum absolute atomic E-state index is 0.0699. The second-order valence-electron chi connectivity index (χ2n) is 5.77. The standard InChI is InChI=1S/C17H25ClN2/c1-6-14(7-2)13(5)20-16-10-11(3)8-9-15(16)19-17(20)12(4)18/h8-10,12-14H,6-7H2,1-5H3. The third kappa shape index (κ3) is 2.71. The number of imidazole rings is 1. The van der Waals surface area contributed by atoms with Crippen LogP contribution in [0.5, 0.6) is 0 Å². The highest BCUT2D eigenvalue weighted by Crippen LogP contribution is 2.33. The summed E-state index contributed by atoms with van der Waals surface area (Å²) in [5.41, 5.74) is 3.53. The van der Waals surface area contributed by atoms with Crippen LogP contribution in [-0.4, -0.2) is 9.55 Å². The van der Waals surface area contributed by atoms with E-state index >= 15 is 0 Å². The summed E-state index contributed by atoms with van der Waals surface area (Å²) < 4.78 is 2.36. The first-order valence-corrected chi connectivity index (χ1v) is 8.05. The van der Waals surface area contributed by atoms with Gasteiger partial charge in [0.05, 0.1) is 16.4 Å². The SMILES string of the molecule is CCC(CC)C(C)n1c(C(C)Cl)nc2ccc(C)cc21.